The molecule has 0 radical (unpaired) electrons. The molecule has 3 nitrogen and oxygen atoms in total. The number of halogens is 1. The van der Waals surface area contributed by atoms with Gasteiger partial charge in [-0.05, 0) is 44.4 Å². The molecule has 1 N–H and O–H groups in total. The summed E-state index contributed by atoms with van der Waals surface area (Å²) in [5.41, 5.74) is -0.179. The number of nitrogens with one attached hydrogen (secondary N) is 1. The Morgan fingerprint density at radius 2 is 2.26 bits per heavy atom. The fourth-order valence-electron chi connectivity index (χ4n) is 2.26. The molecule has 1 atom stereocenters. The van der Waals surface area contributed by atoms with E-state index in [0.717, 1.165) is 19.3 Å². The van der Waals surface area contributed by atoms with Gasteiger partial charge in [0.2, 0.25) is 0 Å². The van der Waals surface area contributed by atoms with Crippen molar-refractivity contribution in [1.29, 1.82) is 0 Å². The summed E-state index contributed by atoms with van der Waals surface area (Å²) in [6, 6.07) is 6.16. The zero-order valence-corrected chi connectivity index (χ0v) is 11.4. The molecule has 1 aliphatic carbocycles. The van der Waals surface area contributed by atoms with Crippen LogP contribution in [-0.4, -0.2) is 18.1 Å². The van der Waals surface area contributed by atoms with E-state index in [2.05, 4.69) is 5.32 Å². The largest absolute Gasteiger partial charge is 0.464 e. The van der Waals surface area contributed by atoms with Crippen LogP contribution in [0.5, 0.6) is 0 Å². The van der Waals surface area contributed by atoms with Crippen molar-refractivity contribution in [2.24, 2.45) is 5.92 Å². The average Bonchev–Trinajstić information content (AvgIpc) is 3.13. The van der Waals surface area contributed by atoms with Gasteiger partial charge in [-0.25, -0.2) is 9.18 Å². The zero-order valence-electron chi connectivity index (χ0n) is 11.4. The Morgan fingerprint density at radius 1 is 1.53 bits per heavy atom. The van der Waals surface area contributed by atoms with Crippen LogP contribution in [0, 0.1) is 11.7 Å². The molecule has 19 heavy (non-hydrogen) atoms. The molecule has 1 fully saturated rings. The van der Waals surface area contributed by atoms with Crippen LogP contribution in [0.1, 0.15) is 33.1 Å². The third kappa shape index (κ3) is 3.69. The van der Waals surface area contributed by atoms with Gasteiger partial charge >= 0.3 is 5.97 Å². The maximum atomic E-state index is 13.2. The second-order valence-electron chi connectivity index (χ2n) is 5.34. The van der Waals surface area contributed by atoms with Crippen molar-refractivity contribution in [3.05, 3.63) is 30.1 Å². The minimum atomic E-state index is -0.787. The number of benzene rings is 1. The van der Waals surface area contributed by atoms with Gasteiger partial charge in [0.05, 0.1) is 6.61 Å². The summed E-state index contributed by atoms with van der Waals surface area (Å²) >= 11 is 0. The lowest BCUT2D eigenvalue weighted by molar-refractivity contribution is -0.148. The molecular formula is C15H20FNO2. The lowest BCUT2D eigenvalue weighted by Gasteiger charge is -2.29. The fraction of sp³-hybridized carbons (Fsp3) is 0.533. The number of carbonyl (C=O) groups excluding carboxylic acids is 1. The molecule has 0 aromatic heterocycles. The van der Waals surface area contributed by atoms with Gasteiger partial charge in [-0.3, -0.25) is 0 Å². The summed E-state index contributed by atoms with van der Waals surface area (Å²) < 4.78 is 18.4. The van der Waals surface area contributed by atoms with Gasteiger partial charge in [-0.1, -0.05) is 18.9 Å². The number of ether oxygens (including phenoxy) is 1. The van der Waals surface area contributed by atoms with Crippen LogP contribution in [0.25, 0.3) is 0 Å². The molecule has 2 rings (SSSR count). The Balaban J connectivity index is 2.14. The van der Waals surface area contributed by atoms with Gasteiger partial charge in [-0.15, -0.1) is 0 Å². The van der Waals surface area contributed by atoms with E-state index in [-0.39, 0.29) is 11.8 Å². The molecule has 1 aromatic rings. The Kier molecular flexibility index (Phi) is 4.08. The summed E-state index contributed by atoms with van der Waals surface area (Å²) in [4.78, 5) is 12.1. The third-order valence-corrected chi connectivity index (χ3v) is 3.36. The van der Waals surface area contributed by atoms with Crippen molar-refractivity contribution in [2.75, 3.05) is 11.9 Å². The first kappa shape index (κ1) is 13.8. The smallest absolute Gasteiger partial charge is 0.331 e. The first-order valence-electron chi connectivity index (χ1n) is 6.74. The van der Waals surface area contributed by atoms with Crippen molar-refractivity contribution in [1.82, 2.24) is 0 Å². The normalized spacial score (nSPS) is 17.6. The van der Waals surface area contributed by atoms with E-state index < -0.39 is 5.54 Å². The lowest BCUT2D eigenvalue weighted by Crippen LogP contribution is -2.45. The highest BCUT2D eigenvalue weighted by atomic mass is 19.1. The van der Waals surface area contributed by atoms with E-state index >= 15 is 0 Å². The van der Waals surface area contributed by atoms with Gasteiger partial charge in [0.15, 0.2) is 0 Å². The Bertz CT molecular complexity index is 459. The summed E-state index contributed by atoms with van der Waals surface area (Å²) in [5.74, 6) is -0.0238. The molecule has 0 spiro atoms. The fourth-order valence-corrected chi connectivity index (χ4v) is 2.26. The summed E-state index contributed by atoms with van der Waals surface area (Å²) in [6.45, 7) is 3.97. The summed E-state index contributed by atoms with van der Waals surface area (Å²) in [5, 5.41) is 3.14. The van der Waals surface area contributed by atoms with E-state index in [1.807, 2.05) is 6.92 Å². The number of anilines is 1. The Labute approximate surface area is 113 Å². The van der Waals surface area contributed by atoms with Gasteiger partial charge in [0.25, 0.3) is 0 Å². The van der Waals surface area contributed by atoms with Crippen LogP contribution in [0.3, 0.4) is 0 Å². The predicted octanol–water partition coefficient (Wildman–Crippen LogP) is 3.36. The van der Waals surface area contributed by atoms with Crippen LogP contribution in [0.15, 0.2) is 24.3 Å². The van der Waals surface area contributed by atoms with Gasteiger partial charge < -0.3 is 10.1 Å². The average molecular weight is 265 g/mol. The second-order valence-corrected chi connectivity index (χ2v) is 5.34. The minimum Gasteiger partial charge on any atom is -0.464 e. The number of carbonyl (C=O) groups is 1. The van der Waals surface area contributed by atoms with E-state index in [0.29, 0.717) is 18.2 Å². The Morgan fingerprint density at radius 3 is 2.84 bits per heavy atom. The zero-order chi connectivity index (χ0) is 13.9. The molecule has 0 saturated heterocycles. The van der Waals surface area contributed by atoms with Crippen molar-refractivity contribution in [2.45, 2.75) is 38.6 Å². The number of hydrogen-bond acceptors (Lipinski definition) is 3. The topological polar surface area (TPSA) is 38.3 Å². The van der Waals surface area contributed by atoms with Crippen molar-refractivity contribution in [3.63, 3.8) is 0 Å². The standard InChI is InChI=1S/C15H20FNO2/c1-3-19-14(18)15(2,10-11-7-8-11)17-13-6-4-5-12(16)9-13/h4-6,9,11,17H,3,7-8,10H2,1-2H3. The highest BCUT2D eigenvalue weighted by Gasteiger charge is 2.40. The first-order valence-corrected chi connectivity index (χ1v) is 6.74. The van der Waals surface area contributed by atoms with E-state index in [1.165, 1.54) is 12.1 Å². The molecule has 0 amide bonds. The summed E-state index contributed by atoms with van der Waals surface area (Å²) in [7, 11) is 0. The molecule has 1 aliphatic rings. The van der Waals surface area contributed by atoms with Gasteiger partial charge in [0, 0.05) is 5.69 Å². The first-order chi connectivity index (χ1) is 9.03. The van der Waals surface area contributed by atoms with E-state index in [4.69, 9.17) is 4.74 Å². The maximum Gasteiger partial charge on any atom is 0.331 e. The third-order valence-electron chi connectivity index (χ3n) is 3.36. The SMILES string of the molecule is CCOC(=O)C(C)(CC1CC1)Nc1cccc(F)c1. The maximum absolute atomic E-state index is 13.2. The molecule has 4 heteroatoms. The molecular weight excluding hydrogens is 245 g/mol. The number of hydrogen-bond donors (Lipinski definition) is 1. The van der Waals surface area contributed by atoms with Crippen LogP contribution < -0.4 is 5.32 Å². The van der Waals surface area contributed by atoms with Gasteiger partial charge in [0.1, 0.15) is 11.4 Å². The molecule has 0 bridgehead atoms. The van der Waals surface area contributed by atoms with Crippen molar-refractivity contribution < 1.29 is 13.9 Å². The number of rotatable bonds is 6. The van der Waals surface area contributed by atoms with Gasteiger partial charge in [-0.2, -0.15) is 0 Å². The molecule has 104 valence electrons. The Hall–Kier alpha value is -1.58. The van der Waals surface area contributed by atoms with Crippen LogP contribution in [0.2, 0.25) is 0 Å². The predicted molar refractivity (Wildman–Crippen MR) is 72.4 cm³/mol. The van der Waals surface area contributed by atoms with Crippen LogP contribution in [0.4, 0.5) is 10.1 Å². The molecule has 0 heterocycles. The highest BCUT2D eigenvalue weighted by Crippen LogP contribution is 2.38. The number of esters is 1. The van der Waals surface area contributed by atoms with Crippen LogP contribution in [-0.2, 0) is 9.53 Å². The van der Waals surface area contributed by atoms with E-state index in [9.17, 15) is 9.18 Å². The molecule has 0 aliphatic heterocycles. The minimum absolute atomic E-state index is 0.272. The van der Waals surface area contributed by atoms with Crippen molar-refractivity contribution >= 4 is 11.7 Å². The quantitative estimate of drug-likeness (QED) is 0.801. The monoisotopic (exact) mass is 265 g/mol. The molecule has 1 saturated carbocycles. The molecule has 1 unspecified atom stereocenters. The highest BCUT2D eigenvalue weighted by molar-refractivity contribution is 5.84. The van der Waals surface area contributed by atoms with E-state index in [1.54, 1.807) is 19.1 Å². The van der Waals surface area contributed by atoms with Crippen LogP contribution >= 0.6 is 0 Å². The molecule has 1 aromatic carbocycles. The van der Waals surface area contributed by atoms with Crippen molar-refractivity contribution in [3.8, 4) is 0 Å². The second kappa shape index (κ2) is 5.59. The lowest BCUT2D eigenvalue weighted by atomic mass is 9.94. The summed E-state index contributed by atoms with van der Waals surface area (Å²) in [6.07, 6.45) is 3.03.